The van der Waals surface area contributed by atoms with Crippen molar-refractivity contribution in [2.45, 2.75) is 38.6 Å². The van der Waals surface area contributed by atoms with Crippen LogP contribution in [0.1, 0.15) is 31.2 Å². The van der Waals surface area contributed by atoms with Gasteiger partial charge in [-0.15, -0.1) is 10.2 Å². The first-order valence-electron chi connectivity index (χ1n) is 6.05. The molecule has 1 aromatic heterocycles. The van der Waals surface area contributed by atoms with Gasteiger partial charge in [0.1, 0.15) is 5.01 Å². The van der Waals surface area contributed by atoms with Gasteiger partial charge in [-0.1, -0.05) is 24.7 Å². The molecule has 0 aromatic carbocycles. The van der Waals surface area contributed by atoms with Crippen molar-refractivity contribution in [3.8, 4) is 0 Å². The summed E-state index contributed by atoms with van der Waals surface area (Å²) >= 11 is 3.11. The second-order valence-electron chi connectivity index (χ2n) is 3.98. The second-order valence-corrected chi connectivity index (χ2v) is 6.03. The topological polar surface area (TPSA) is 80.9 Å². The molecule has 3 N–H and O–H groups in total. The highest BCUT2D eigenvalue weighted by molar-refractivity contribution is 7.98. The summed E-state index contributed by atoms with van der Waals surface area (Å²) in [7, 11) is 0. The molecule has 0 aliphatic heterocycles. The molecule has 1 aromatic rings. The van der Waals surface area contributed by atoms with Crippen LogP contribution in [-0.4, -0.2) is 34.2 Å². The number of amides is 1. The molecule has 7 heteroatoms. The molecule has 0 aliphatic carbocycles. The quantitative estimate of drug-likeness (QED) is 0.763. The Kier molecular flexibility index (Phi) is 7.22. The Hall–Kier alpha value is -0.660. The van der Waals surface area contributed by atoms with Gasteiger partial charge in [0.25, 0.3) is 0 Å². The minimum atomic E-state index is -0.472. The zero-order chi connectivity index (χ0) is 13.4. The smallest absolute Gasteiger partial charge is 0.243 e. The van der Waals surface area contributed by atoms with Gasteiger partial charge in [0.15, 0.2) is 0 Å². The lowest BCUT2D eigenvalue weighted by Crippen LogP contribution is -2.36. The number of aromatic nitrogens is 2. The third-order valence-corrected chi connectivity index (χ3v) is 3.95. The number of anilines is 1. The molecular formula is C11H20N4OS2. The van der Waals surface area contributed by atoms with Crippen LogP contribution < -0.4 is 11.1 Å². The van der Waals surface area contributed by atoms with Crippen LogP contribution in [0.4, 0.5) is 5.13 Å². The third-order valence-electron chi connectivity index (χ3n) is 2.41. The maximum atomic E-state index is 11.7. The van der Waals surface area contributed by atoms with Crippen LogP contribution in [-0.2, 0) is 11.2 Å². The summed E-state index contributed by atoms with van der Waals surface area (Å²) in [6, 6.07) is -0.472. The number of thioether (sulfide) groups is 1. The van der Waals surface area contributed by atoms with E-state index in [2.05, 4.69) is 22.4 Å². The Morgan fingerprint density at radius 3 is 3.00 bits per heavy atom. The predicted octanol–water partition coefficient (Wildman–Crippen LogP) is 1.90. The average Bonchev–Trinajstić information content (AvgIpc) is 2.80. The molecule has 102 valence electrons. The summed E-state index contributed by atoms with van der Waals surface area (Å²) in [6.45, 7) is 2.13. The number of nitrogens with two attached hydrogens (primary N) is 1. The highest BCUT2D eigenvalue weighted by Gasteiger charge is 2.15. The van der Waals surface area contributed by atoms with E-state index in [1.807, 2.05) is 6.26 Å². The predicted molar refractivity (Wildman–Crippen MR) is 78.1 cm³/mol. The molecule has 0 spiro atoms. The summed E-state index contributed by atoms with van der Waals surface area (Å²) in [4.78, 5) is 11.7. The SMILES string of the molecule is CCCCc1nnc(NC(=O)C(N)CCSC)s1. The molecule has 1 rings (SSSR count). The molecule has 18 heavy (non-hydrogen) atoms. The van der Waals surface area contributed by atoms with E-state index in [4.69, 9.17) is 5.73 Å². The van der Waals surface area contributed by atoms with Crippen molar-refractivity contribution in [3.63, 3.8) is 0 Å². The van der Waals surface area contributed by atoms with Crippen LogP contribution in [0.25, 0.3) is 0 Å². The van der Waals surface area contributed by atoms with Crippen LogP contribution >= 0.6 is 23.1 Å². The average molecular weight is 288 g/mol. The van der Waals surface area contributed by atoms with Gasteiger partial charge in [-0.05, 0) is 24.9 Å². The fraction of sp³-hybridized carbons (Fsp3) is 0.727. The fourth-order valence-electron chi connectivity index (χ4n) is 1.31. The van der Waals surface area contributed by atoms with Crippen molar-refractivity contribution in [2.75, 3.05) is 17.3 Å². The molecule has 0 bridgehead atoms. The largest absolute Gasteiger partial charge is 0.320 e. The molecule has 0 aliphatic rings. The highest BCUT2D eigenvalue weighted by Crippen LogP contribution is 2.17. The van der Waals surface area contributed by atoms with Gasteiger partial charge in [0.2, 0.25) is 11.0 Å². The number of rotatable bonds is 8. The zero-order valence-corrected chi connectivity index (χ0v) is 12.4. The first-order valence-corrected chi connectivity index (χ1v) is 8.26. The van der Waals surface area contributed by atoms with Crippen LogP contribution in [0.2, 0.25) is 0 Å². The molecule has 0 saturated heterocycles. The van der Waals surface area contributed by atoms with Gasteiger partial charge in [-0.2, -0.15) is 11.8 Å². The summed E-state index contributed by atoms with van der Waals surface area (Å²) < 4.78 is 0. The van der Waals surface area contributed by atoms with E-state index >= 15 is 0 Å². The monoisotopic (exact) mass is 288 g/mol. The van der Waals surface area contributed by atoms with Gasteiger partial charge < -0.3 is 5.73 Å². The number of hydrogen-bond acceptors (Lipinski definition) is 6. The van der Waals surface area contributed by atoms with Crippen LogP contribution in [0.3, 0.4) is 0 Å². The third kappa shape index (κ3) is 5.32. The van der Waals surface area contributed by atoms with E-state index < -0.39 is 6.04 Å². The van der Waals surface area contributed by atoms with Crippen molar-refractivity contribution in [2.24, 2.45) is 5.73 Å². The Morgan fingerprint density at radius 1 is 1.56 bits per heavy atom. The van der Waals surface area contributed by atoms with Crippen molar-refractivity contribution < 1.29 is 4.79 Å². The zero-order valence-electron chi connectivity index (χ0n) is 10.8. The Balaban J connectivity index is 2.41. The standard InChI is InChI=1S/C11H20N4OS2/c1-3-4-5-9-14-15-11(18-9)13-10(16)8(12)6-7-17-2/h8H,3-7,12H2,1-2H3,(H,13,15,16). The van der Waals surface area contributed by atoms with Crippen LogP contribution in [0, 0.1) is 0 Å². The van der Waals surface area contributed by atoms with Crippen LogP contribution in [0.15, 0.2) is 0 Å². The van der Waals surface area contributed by atoms with Gasteiger partial charge in [0.05, 0.1) is 6.04 Å². The summed E-state index contributed by atoms with van der Waals surface area (Å²) in [5.74, 6) is 0.703. The Bertz CT molecular complexity index is 370. The van der Waals surface area contributed by atoms with Gasteiger partial charge in [-0.25, -0.2) is 0 Å². The molecule has 1 atom stereocenters. The Morgan fingerprint density at radius 2 is 2.33 bits per heavy atom. The number of hydrogen-bond donors (Lipinski definition) is 2. The Labute approximate surface area is 116 Å². The lowest BCUT2D eigenvalue weighted by atomic mass is 10.2. The first-order chi connectivity index (χ1) is 8.67. The molecule has 0 radical (unpaired) electrons. The molecular weight excluding hydrogens is 268 g/mol. The van der Waals surface area contributed by atoms with Crippen molar-refractivity contribution in [1.29, 1.82) is 0 Å². The van der Waals surface area contributed by atoms with E-state index in [-0.39, 0.29) is 5.91 Å². The van der Waals surface area contributed by atoms with E-state index in [0.717, 1.165) is 30.0 Å². The molecule has 0 fully saturated rings. The normalized spacial score (nSPS) is 12.4. The molecule has 0 saturated carbocycles. The van der Waals surface area contributed by atoms with Crippen LogP contribution in [0.5, 0.6) is 0 Å². The number of nitrogens with zero attached hydrogens (tertiary/aromatic N) is 2. The molecule has 1 unspecified atom stereocenters. The van der Waals surface area contributed by atoms with E-state index in [0.29, 0.717) is 11.6 Å². The van der Waals surface area contributed by atoms with Crippen molar-refractivity contribution in [1.82, 2.24) is 10.2 Å². The number of carbonyl (C=O) groups is 1. The number of unbranched alkanes of at least 4 members (excludes halogenated alkanes) is 1. The number of nitrogens with one attached hydrogen (secondary N) is 1. The van der Waals surface area contributed by atoms with Gasteiger partial charge in [0, 0.05) is 6.42 Å². The lowest BCUT2D eigenvalue weighted by molar-refractivity contribution is -0.117. The minimum absolute atomic E-state index is 0.178. The van der Waals surface area contributed by atoms with E-state index in [9.17, 15) is 4.79 Å². The van der Waals surface area contributed by atoms with E-state index in [1.54, 1.807) is 11.8 Å². The number of aryl methyl sites for hydroxylation is 1. The molecule has 5 nitrogen and oxygen atoms in total. The summed E-state index contributed by atoms with van der Waals surface area (Å²) in [5, 5.41) is 12.2. The summed E-state index contributed by atoms with van der Waals surface area (Å²) in [5.41, 5.74) is 5.77. The summed E-state index contributed by atoms with van der Waals surface area (Å²) in [6.07, 6.45) is 5.81. The second kappa shape index (κ2) is 8.44. The number of carbonyl (C=O) groups excluding carboxylic acids is 1. The first kappa shape index (κ1) is 15.4. The maximum absolute atomic E-state index is 11.7. The fourth-order valence-corrected chi connectivity index (χ4v) is 2.58. The lowest BCUT2D eigenvalue weighted by Gasteiger charge is -2.08. The highest BCUT2D eigenvalue weighted by atomic mass is 32.2. The molecule has 1 heterocycles. The van der Waals surface area contributed by atoms with Crippen molar-refractivity contribution in [3.05, 3.63) is 5.01 Å². The van der Waals surface area contributed by atoms with Gasteiger partial charge in [-0.3, -0.25) is 10.1 Å². The maximum Gasteiger partial charge on any atom is 0.243 e. The van der Waals surface area contributed by atoms with E-state index in [1.165, 1.54) is 11.3 Å². The van der Waals surface area contributed by atoms with Crippen molar-refractivity contribution >= 4 is 34.1 Å². The van der Waals surface area contributed by atoms with Gasteiger partial charge >= 0.3 is 0 Å². The minimum Gasteiger partial charge on any atom is -0.320 e. The molecule has 1 amide bonds.